The van der Waals surface area contributed by atoms with Crippen LogP contribution in [0.15, 0.2) is 158 Å². The van der Waals surface area contributed by atoms with Crippen molar-refractivity contribution in [1.82, 2.24) is 0 Å². The van der Waals surface area contributed by atoms with Gasteiger partial charge in [-0.05, 0) is 148 Å². The minimum atomic E-state index is -4.95. The van der Waals surface area contributed by atoms with Gasteiger partial charge in [0.05, 0.1) is 26.4 Å². The maximum absolute atomic E-state index is 13.0. The van der Waals surface area contributed by atoms with E-state index >= 15 is 0 Å². The first-order valence-electron chi connectivity index (χ1n) is 44.8. The van der Waals surface area contributed by atoms with Crippen LogP contribution in [0.2, 0.25) is 0 Å². The maximum atomic E-state index is 13.0. The Bertz CT molecular complexity index is 2680. The van der Waals surface area contributed by atoms with Crippen LogP contribution in [0, 0.1) is 0 Å². The molecule has 113 heavy (non-hydrogen) atoms. The summed E-state index contributed by atoms with van der Waals surface area (Å²) in [6.07, 6.45) is 110. The summed E-state index contributed by atoms with van der Waals surface area (Å²) in [5.74, 6) is -1.60. The van der Waals surface area contributed by atoms with Gasteiger partial charge in [0.25, 0.3) is 0 Å². The monoisotopic (exact) mass is 1620 g/mol. The molecule has 18 heteroatoms. The molecule has 648 valence electrons. The van der Waals surface area contributed by atoms with Crippen LogP contribution in [-0.2, 0) is 55.8 Å². The fraction of sp³-hybridized carbons (Fsp3) is 0.695. The molecule has 0 saturated heterocycles. The minimum Gasteiger partial charge on any atom is -0.463 e. The minimum absolute atomic E-state index is 0.0731. The summed E-state index contributed by atoms with van der Waals surface area (Å²) in [4.78, 5) is 58.9. The first kappa shape index (κ1) is 108. The zero-order chi connectivity index (χ0) is 82.2. The van der Waals surface area contributed by atoms with E-state index in [0.717, 1.165) is 154 Å². The average molecular weight is 1620 g/mol. The number of unbranched alkanes of at least 4 members (excludes halogenated alkanes) is 35. The van der Waals surface area contributed by atoms with Crippen molar-refractivity contribution in [3.05, 3.63) is 158 Å². The topological polar surface area (TPSA) is 231 Å². The van der Waals surface area contributed by atoms with E-state index in [1.54, 1.807) is 0 Å². The lowest BCUT2D eigenvalue weighted by atomic mass is 10.0. The van der Waals surface area contributed by atoms with Gasteiger partial charge in [0, 0.05) is 19.3 Å². The number of hydrogen-bond acceptors (Lipinski definition) is 14. The van der Waals surface area contributed by atoms with Crippen LogP contribution < -0.4 is 0 Å². The number of ether oxygens (including phenoxy) is 3. The number of aliphatic hydroxyl groups is 2. The molecule has 0 amide bonds. The van der Waals surface area contributed by atoms with Gasteiger partial charge in [0.15, 0.2) is 6.10 Å². The van der Waals surface area contributed by atoms with Gasteiger partial charge in [-0.15, -0.1) is 0 Å². The first-order valence-corrected chi connectivity index (χ1v) is 47.8. The lowest BCUT2D eigenvalue weighted by Crippen LogP contribution is -2.30. The number of aliphatic hydroxyl groups excluding tert-OH is 2. The molecule has 0 spiro atoms. The Balaban J connectivity index is 4.53. The van der Waals surface area contributed by atoms with Gasteiger partial charge in [0.2, 0.25) is 0 Å². The third-order valence-corrected chi connectivity index (χ3v) is 20.6. The number of phosphoric acid groups is 2. The van der Waals surface area contributed by atoms with E-state index in [0.29, 0.717) is 19.3 Å². The van der Waals surface area contributed by atoms with E-state index in [4.69, 9.17) is 32.3 Å². The number of carbonyl (C=O) groups excluding carboxylic acids is 3. The quantitative estimate of drug-likeness (QED) is 0.0146. The molecule has 0 aromatic rings. The highest BCUT2D eigenvalue weighted by Crippen LogP contribution is 2.45. The Labute approximate surface area is 689 Å². The number of carbonyl (C=O) groups is 3. The SMILES string of the molecule is CC/C=C\C/C=C\C/C=C\C/C=C\C/C=C\CCCCCCCCCCCCCCCC(=O)OCC(COP(=O)(O)OCC(O)COP(=O)(O)OCC(O)COC(=O)CCCCCCCCCCCCCCCCC/C=C\C/C=C\C/C=C\C/C=C\CCCCC)OC(=O)CCCCCC/C=C\C/C=C\C/C=C\C/C=C\CC. The molecule has 5 unspecified atom stereocenters. The second-order valence-corrected chi connectivity index (χ2v) is 32.5. The summed E-state index contributed by atoms with van der Waals surface area (Å²) < 4.78 is 61.4. The number of esters is 3. The van der Waals surface area contributed by atoms with Crippen molar-refractivity contribution >= 4 is 33.6 Å². The number of allylic oxidation sites excluding steroid dienone is 26. The summed E-state index contributed by atoms with van der Waals surface area (Å²) in [5.41, 5.74) is 0. The molecule has 0 aliphatic rings. The van der Waals surface area contributed by atoms with Crippen LogP contribution in [0.3, 0.4) is 0 Å². The predicted octanol–water partition coefficient (Wildman–Crippen LogP) is 27.3. The van der Waals surface area contributed by atoms with Gasteiger partial charge >= 0.3 is 33.6 Å². The zero-order valence-corrected chi connectivity index (χ0v) is 73.0. The van der Waals surface area contributed by atoms with Gasteiger partial charge in [-0.3, -0.25) is 32.5 Å². The maximum Gasteiger partial charge on any atom is 0.472 e. The van der Waals surface area contributed by atoms with Crippen LogP contribution in [-0.4, -0.2) is 95.9 Å². The largest absolute Gasteiger partial charge is 0.472 e. The lowest BCUT2D eigenvalue weighted by molar-refractivity contribution is -0.161. The number of hydrogen-bond donors (Lipinski definition) is 4. The molecule has 0 aromatic heterocycles. The number of phosphoric ester groups is 2. The van der Waals surface area contributed by atoms with Gasteiger partial charge in [-0.2, -0.15) is 0 Å². The lowest BCUT2D eigenvalue weighted by Gasteiger charge is -2.21. The second-order valence-electron chi connectivity index (χ2n) is 29.6. The van der Waals surface area contributed by atoms with Crippen LogP contribution in [0.5, 0.6) is 0 Å². The van der Waals surface area contributed by atoms with Gasteiger partial charge in [-0.1, -0.05) is 359 Å². The Morgan fingerprint density at radius 2 is 0.469 bits per heavy atom. The molecule has 0 saturated carbocycles. The highest BCUT2D eigenvalue weighted by Gasteiger charge is 2.29. The van der Waals surface area contributed by atoms with Crippen molar-refractivity contribution in [1.29, 1.82) is 0 Å². The van der Waals surface area contributed by atoms with Crippen molar-refractivity contribution in [2.45, 2.75) is 386 Å². The van der Waals surface area contributed by atoms with E-state index in [2.05, 4.69) is 179 Å². The smallest absolute Gasteiger partial charge is 0.463 e. The standard InChI is InChI=1S/C95H162O16P2/c1-4-7-10-13-16-19-22-25-28-31-33-35-37-39-41-43-44-46-48-49-51-53-55-58-60-63-66-69-72-75-78-81-93(98)105-84-90(96)85-107-112(101,102)108-86-91(97)87-109-113(103,104)110-89-92(111-95(100)83-80-77-74-71-68-65-62-57-30-27-24-21-18-15-12-9-6-3)88-106-94(99)82-79-76-73-70-67-64-61-59-56-54-52-50-47-45-42-40-38-36-34-32-29-26-23-20-17-14-11-8-5-2/h8-9,11-12,16-21,25-30,33-36,39-42,62,65,90-92,96-97H,4-7,10,13-15,22-24,31-32,37-38,43-61,63-64,66-89H2,1-3H3,(H,101,102)(H,103,104)/b11-8-,12-9-,19-16-,20-17-,21-18-,28-25-,29-26-,30-27-,35-33-,36-34-,41-39-,42-40-,65-62-. The third-order valence-electron chi connectivity index (χ3n) is 18.7. The molecular formula is C95H162O16P2. The van der Waals surface area contributed by atoms with Crippen molar-refractivity contribution in [3.8, 4) is 0 Å². The van der Waals surface area contributed by atoms with Gasteiger partial charge in [-0.25, -0.2) is 9.13 Å². The second kappa shape index (κ2) is 86.5. The van der Waals surface area contributed by atoms with Crippen LogP contribution >= 0.6 is 15.6 Å². The van der Waals surface area contributed by atoms with Crippen molar-refractivity contribution in [2.24, 2.45) is 0 Å². The molecule has 16 nitrogen and oxygen atoms in total. The molecule has 4 N–H and O–H groups in total. The Morgan fingerprint density at radius 1 is 0.257 bits per heavy atom. The Kier molecular flexibility index (Phi) is 82.8. The van der Waals surface area contributed by atoms with Crippen molar-refractivity contribution in [3.63, 3.8) is 0 Å². The molecule has 0 fully saturated rings. The van der Waals surface area contributed by atoms with Gasteiger partial charge < -0.3 is 34.2 Å². The van der Waals surface area contributed by atoms with E-state index in [1.165, 1.54) is 154 Å². The number of rotatable bonds is 84. The molecule has 0 radical (unpaired) electrons. The fourth-order valence-electron chi connectivity index (χ4n) is 12.0. The fourth-order valence-corrected chi connectivity index (χ4v) is 13.6. The molecule has 5 atom stereocenters. The van der Waals surface area contributed by atoms with E-state index < -0.39 is 91.5 Å². The van der Waals surface area contributed by atoms with Crippen molar-refractivity contribution < 1.29 is 75.8 Å². The Hall–Kier alpha value is -4.83. The highest BCUT2D eigenvalue weighted by molar-refractivity contribution is 7.47. The van der Waals surface area contributed by atoms with Crippen LogP contribution in [0.4, 0.5) is 0 Å². The zero-order valence-electron chi connectivity index (χ0n) is 71.3. The summed E-state index contributed by atoms with van der Waals surface area (Å²) in [5, 5.41) is 20.7. The molecular weight excluding hydrogens is 1460 g/mol. The predicted molar refractivity (Wildman–Crippen MR) is 472 cm³/mol. The summed E-state index contributed by atoms with van der Waals surface area (Å²) in [6, 6.07) is 0. The summed E-state index contributed by atoms with van der Waals surface area (Å²) in [6.45, 7) is 2.43. The molecule has 0 aliphatic heterocycles. The normalized spacial score (nSPS) is 14.6. The summed E-state index contributed by atoms with van der Waals surface area (Å²) in [7, 11) is -9.81. The van der Waals surface area contributed by atoms with Crippen LogP contribution in [0.1, 0.15) is 367 Å². The molecule has 0 heterocycles. The van der Waals surface area contributed by atoms with Gasteiger partial charge in [0.1, 0.15) is 25.4 Å². The molecule has 0 aromatic carbocycles. The highest BCUT2D eigenvalue weighted by atomic mass is 31.2. The molecule has 0 aliphatic carbocycles. The van der Waals surface area contributed by atoms with E-state index in [9.17, 15) is 43.5 Å². The average Bonchev–Trinajstić information content (AvgIpc) is 0.897. The van der Waals surface area contributed by atoms with Crippen molar-refractivity contribution in [2.75, 3.05) is 39.6 Å². The third kappa shape index (κ3) is 87.8. The Morgan fingerprint density at radius 3 is 0.743 bits per heavy atom. The first-order chi connectivity index (χ1) is 55.2. The van der Waals surface area contributed by atoms with E-state index in [-0.39, 0.29) is 19.3 Å². The summed E-state index contributed by atoms with van der Waals surface area (Å²) >= 11 is 0. The molecule has 0 rings (SSSR count). The molecule has 0 bridgehead atoms. The van der Waals surface area contributed by atoms with E-state index in [1.807, 2.05) is 0 Å². The van der Waals surface area contributed by atoms with Crippen LogP contribution in [0.25, 0.3) is 0 Å².